The Bertz CT molecular complexity index is 189. The van der Waals surface area contributed by atoms with Crippen molar-refractivity contribution in [1.29, 1.82) is 0 Å². The maximum absolute atomic E-state index is 10.4. The monoisotopic (exact) mass is 169 g/mol. The summed E-state index contributed by atoms with van der Waals surface area (Å²) in [5.74, 6) is 0.852. The molecule has 0 aromatic carbocycles. The molecule has 0 radical (unpaired) electrons. The van der Waals surface area contributed by atoms with Crippen molar-refractivity contribution in [2.45, 2.75) is 25.7 Å². The lowest BCUT2D eigenvalue weighted by molar-refractivity contribution is -0.118. The van der Waals surface area contributed by atoms with Crippen LogP contribution in [0, 0.1) is 0 Å². The maximum Gasteiger partial charge on any atom is 0.217 e. The smallest absolute Gasteiger partial charge is 0.217 e. The van der Waals surface area contributed by atoms with Crippen LogP contribution >= 0.6 is 0 Å². The third-order valence-corrected chi connectivity index (χ3v) is 1.80. The van der Waals surface area contributed by atoms with Crippen molar-refractivity contribution in [1.82, 2.24) is 5.32 Å². The highest BCUT2D eigenvalue weighted by atomic mass is 16.1. The molecule has 1 amide bonds. The fourth-order valence-corrected chi connectivity index (χ4v) is 1.18. The largest absolute Gasteiger partial charge is 0.374 e. The number of rotatable bonds is 4. The minimum atomic E-state index is -0.231. The molecule has 1 heterocycles. The van der Waals surface area contributed by atoms with Crippen molar-refractivity contribution in [2.75, 3.05) is 13.1 Å². The van der Waals surface area contributed by atoms with Crippen LogP contribution < -0.4 is 11.1 Å². The van der Waals surface area contributed by atoms with E-state index in [0.717, 1.165) is 38.2 Å². The predicted molar refractivity (Wildman–Crippen MR) is 48.0 cm³/mol. The minimum Gasteiger partial charge on any atom is -0.374 e. The van der Waals surface area contributed by atoms with E-state index in [9.17, 15) is 4.79 Å². The average molecular weight is 169 g/mol. The van der Waals surface area contributed by atoms with Crippen LogP contribution in [0.5, 0.6) is 0 Å². The topological polar surface area (TPSA) is 67.5 Å². The minimum absolute atomic E-state index is 0.231. The summed E-state index contributed by atoms with van der Waals surface area (Å²) in [6, 6.07) is 0. The standard InChI is InChI=1S/C8H15N3O/c9-7(12)3-1-5-10-8-4-2-6-11-8/h1-6H2,(H2,9,12)(H,10,11). The summed E-state index contributed by atoms with van der Waals surface area (Å²) in [6.07, 6.45) is 3.46. The van der Waals surface area contributed by atoms with Crippen molar-refractivity contribution in [3.05, 3.63) is 0 Å². The summed E-state index contributed by atoms with van der Waals surface area (Å²) >= 11 is 0. The summed E-state index contributed by atoms with van der Waals surface area (Å²) in [6.45, 7) is 1.75. The van der Waals surface area contributed by atoms with Crippen molar-refractivity contribution in [3.63, 3.8) is 0 Å². The van der Waals surface area contributed by atoms with Gasteiger partial charge in [0, 0.05) is 25.9 Å². The third kappa shape index (κ3) is 3.37. The molecule has 0 aromatic rings. The number of hydrogen-bond donors (Lipinski definition) is 2. The number of primary amides is 1. The third-order valence-electron chi connectivity index (χ3n) is 1.80. The van der Waals surface area contributed by atoms with E-state index in [2.05, 4.69) is 10.3 Å². The highest BCUT2D eigenvalue weighted by Crippen LogP contribution is 2.00. The van der Waals surface area contributed by atoms with Crippen LogP contribution in [0.3, 0.4) is 0 Å². The molecule has 1 aliphatic rings. The fraction of sp³-hybridized carbons (Fsp3) is 0.750. The van der Waals surface area contributed by atoms with Crippen LogP contribution in [-0.2, 0) is 4.79 Å². The molecular weight excluding hydrogens is 154 g/mol. The van der Waals surface area contributed by atoms with E-state index < -0.39 is 0 Å². The molecule has 0 aliphatic carbocycles. The van der Waals surface area contributed by atoms with Gasteiger partial charge < -0.3 is 11.1 Å². The molecule has 68 valence electrons. The number of nitrogens with one attached hydrogen (secondary N) is 1. The fourth-order valence-electron chi connectivity index (χ4n) is 1.18. The lowest BCUT2D eigenvalue weighted by atomic mass is 10.3. The van der Waals surface area contributed by atoms with Crippen LogP contribution in [0.1, 0.15) is 25.7 Å². The average Bonchev–Trinajstić information content (AvgIpc) is 2.49. The molecule has 0 spiro atoms. The molecule has 0 bridgehead atoms. The number of nitrogens with two attached hydrogens (primary N) is 1. The van der Waals surface area contributed by atoms with E-state index in [4.69, 9.17) is 5.73 Å². The zero-order valence-electron chi connectivity index (χ0n) is 7.18. The molecule has 12 heavy (non-hydrogen) atoms. The van der Waals surface area contributed by atoms with Crippen LogP contribution in [0.4, 0.5) is 0 Å². The second-order valence-corrected chi connectivity index (χ2v) is 2.93. The molecule has 0 saturated carbocycles. The number of nitrogens with zero attached hydrogens (tertiary/aromatic N) is 1. The predicted octanol–water partition coefficient (Wildman–Crippen LogP) is 0.0338. The first-order valence-electron chi connectivity index (χ1n) is 4.34. The Kier molecular flexibility index (Phi) is 3.57. The highest BCUT2D eigenvalue weighted by molar-refractivity contribution is 5.83. The van der Waals surface area contributed by atoms with E-state index in [1.807, 2.05) is 0 Å². The molecule has 1 rings (SSSR count). The van der Waals surface area contributed by atoms with Crippen molar-refractivity contribution in [3.8, 4) is 0 Å². The summed E-state index contributed by atoms with van der Waals surface area (Å²) in [4.78, 5) is 14.6. The quantitative estimate of drug-likeness (QED) is 0.583. The molecule has 4 heteroatoms. The molecule has 3 N–H and O–H groups in total. The Labute approximate surface area is 72.2 Å². The van der Waals surface area contributed by atoms with Crippen LogP contribution in [0.2, 0.25) is 0 Å². The van der Waals surface area contributed by atoms with E-state index in [-0.39, 0.29) is 5.91 Å². The van der Waals surface area contributed by atoms with E-state index in [0.29, 0.717) is 6.42 Å². The first kappa shape index (κ1) is 9.03. The van der Waals surface area contributed by atoms with Crippen LogP contribution in [-0.4, -0.2) is 24.8 Å². The van der Waals surface area contributed by atoms with Gasteiger partial charge in [-0.2, -0.15) is 0 Å². The Morgan fingerprint density at radius 2 is 2.50 bits per heavy atom. The highest BCUT2D eigenvalue weighted by Gasteiger charge is 2.04. The van der Waals surface area contributed by atoms with Gasteiger partial charge in [0.2, 0.25) is 5.91 Å². The van der Waals surface area contributed by atoms with Gasteiger partial charge in [0.1, 0.15) is 0 Å². The molecule has 1 aliphatic heterocycles. The van der Waals surface area contributed by atoms with E-state index >= 15 is 0 Å². The zero-order chi connectivity index (χ0) is 8.81. The SMILES string of the molecule is NC(=O)CCCNC1=NCCC1. The molecule has 0 saturated heterocycles. The van der Waals surface area contributed by atoms with Gasteiger partial charge in [-0.05, 0) is 12.8 Å². The van der Waals surface area contributed by atoms with Gasteiger partial charge in [0.25, 0.3) is 0 Å². The molecule has 0 aromatic heterocycles. The zero-order valence-corrected chi connectivity index (χ0v) is 7.18. The first-order chi connectivity index (χ1) is 5.79. The van der Waals surface area contributed by atoms with Gasteiger partial charge in [-0.15, -0.1) is 0 Å². The number of carbonyl (C=O) groups is 1. The number of carbonyl (C=O) groups excluding carboxylic acids is 1. The lowest BCUT2D eigenvalue weighted by Crippen LogP contribution is -2.23. The number of amides is 1. The van der Waals surface area contributed by atoms with Gasteiger partial charge in [0.15, 0.2) is 0 Å². The number of aliphatic imine (C=N–C) groups is 1. The maximum atomic E-state index is 10.4. The molecular formula is C8H15N3O. The van der Waals surface area contributed by atoms with Crippen LogP contribution in [0.15, 0.2) is 4.99 Å². The normalized spacial score (nSPS) is 15.8. The number of hydrogen-bond acceptors (Lipinski definition) is 3. The lowest BCUT2D eigenvalue weighted by Gasteiger charge is -2.03. The van der Waals surface area contributed by atoms with Crippen molar-refractivity contribution >= 4 is 11.7 Å². The first-order valence-corrected chi connectivity index (χ1v) is 4.34. The second kappa shape index (κ2) is 4.74. The van der Waals surface area contributed by atoms with Crippen molar-refractivity contribution < 1.29 is 4.79 Å². The Morgan fingerprint density at radius 3 is 3.08 bits per heavy atom. The number of amidine groups is 1. The molecule has 0 atom stereocenters. The molecule has 0 unspecified atom stereocenters. The van der Waals surface area contributed by atoms with E-state index in [1.165, 1.54) is 0 Å². The van der Waals surface area contributed by atoms with Gasteiger partial charge in [0.05, 0.1) is 5.84 Å². The van der Waals surface area contributed by atoms with E-state index in [1.54, 1.807) is 0 Å². The van der Waals surface area contributed by atoms with Crippen LogP contribution in [0.25, 0.3) is 0 Å². The van der Waals surface area contributed by atoms with Gasteiger partial charge >= 0.3 is 0 Å². The molecule has 0 fully saturated rings. The van der Waals surface area contributed by atoms with Gasteiger partial charge in [-0.1, -0.05) is 0 Å². The summed E-state index contributed by atoms with van der Waals surface area (Å²) in [5.41, 5.74) is 4.99. The summed E-state index contributed by atoms with van der Waals surface area (Å²) in [5, 5.41) is 3.18. The molecule has 4 nitrogen and oxygen atoms in total. The second-order valence-electron chi connectivity index (χ2n) is 2.93. The Hall–Kier alpha value is -1.06. The Morgan fingerprint density at radius 1 is 1.67 bits per heavy atom. The van der Waals surface area contributed by atoms with Gasteiger partial charge in [-0.25, -0.2) is 0 Å². The van der Waals surface area contributed by atoms with Gasteiger partial charge in [-0.3, -0.25) is 9.79 Å². The van der Waals surface area contributed by atoms with Crippen molar-refractivity contribution in [2.24, 2.45) is 10.7 Å². The summed E-state index contributed by atoms with van der Waals surface area (Å²) < 4.78 is 0. The Balaban J connectivity index is 1.98. The summed E-state index contributed by atoms with van der Waals surface area (Å²) in [7, 11) is 0.